The Balaban J connectivity index is 5.01. The summed E-state index contributed by atoms with van der Waals surface area (Å²) in [6, 6.07) is 0. The second kappa shape index (κ2) is 24.5. The largest absolute Gasteiger partial charge is 0.0965 e. The van der Waals surface area contributed by atoms with Crippen LogP contribution in [0.15, 0.2) is 0 Å². The Morgan fingerprint density at radius 3 is 0.758 bits per heavy atom. The number of unbranched alkanes of at least 4 members (excludes halogenated alkanes) is 16. The first kappa shape index (κ1) is 33.9. The number of rotatable bonds is 26. The Hall–Kier alpha value is 0.860. The van der Waals surface area contributed by atoms with Gasteiger partial charge in [-0.05, 0) is 50.3 Å². The fourth-order valence-electron chi connectivity index (χ4n) is 5.14. The Morgan fingerprint density at radius 2 is 0.545 bits per heavy atom. The molecular weight excluding hydrogens is 434 g/mol. The Bertz CT molecular complexity index is 317. The summed E-state index contributed by atoms with van der Waals surface area (Å²) in [6.07, 6.45) is 35.5. The average Bonchev–Trinajstić information content (AvgIpc) is 2.80. The topological polar surface area (TPSA) is 0 Å². The molecule has 0 bridgehead atoms. The lowest BCUT2D eigenvalue weighted by molar-refractivity contribution is 0.647. The van der Waals surface area contributed by atoms with Crippen molar-refractivity contribution in [1.82, 2.24) is 0 Å². The lowest BCUT2D eigenvalue weighted by Crippen LogP contribution is -2.22. The normalized spacial score (nSPS) is 12.4. The first-order chi connectivity index (χ1) is 16.0. The van der Waals surface area contributed by atoms with E-state index < -0.39 is 0 Å². The number of hydrogen-bond acceptors (Lipinski definition) is 0. The van der Waals surface area contributed by atoms with Crippen molar-refractivity contribution in [2.75, 3.05) is 24.6 Å². The minimum absolute atomic E-state index is 0.189. The predicted molar refractivity (Wildman–Crippen MR) is 162 cm³/mol. The van der Waals surface area contributed by atoms with Crippen LogP contribution in [0.2, 0.25) is 0 Å². The van der Waals surface area contributed by atoms with E-state index in [2.05, 4.69) is 41.5 Å². The molecule has 0 aliphatic rings. The molecule has 0 fully saturated rings. The van der Waals surface area contributed by atoms with E-state index in [-0.39, 0.29) is 15.8 Å². The molecule has 0 rings (SSSR count). The number of hydrogen-bond donors (Lipinski definition) is 0. The molecule has 0 saturated carbocycles. The van der Waals surface area contributed by atoms with Gasteiger partial charge in [0, 0.05) is 4.90 Å². The SMILES string of the molecule is CCCCCCCP(CCCCCCC)C(C)(C)P(CCCCCCC)CCCCCCC. The summed E-state index contributed by atoms with van der Waals surface area (Å²) in [5.41, 5.74) is 0. The fraction of sp³-hybridized carbons (Fsp3) is 1.00. The zero-order chi connectivity index (χ0) is 24.6. The Morgan fingerprint density at radius 1 is 0.333 bits per heavy atom. The van der Waals surface area contributed by atoms with Crippen molar-refractivity contribution in [2.45, 2.75) is 175 Å². The smallest absolute Gasteiger partial charge is 0.00497 e. The van der Waals surface area contributed by atoms with E-state index >= 15 is 0 Å². The molecule has 33 heavy (non-hydrogen) atoms. The molecule has 0 spiro atoms. The van der Waals surface area contributed by atoms with Crippen LogP contribution in [0.3, 0.4) is 0 Å². The molecule has 0 heterocycles. The fourth-order valence-corrected chi connectivity index (χ4v) is 13.0. The average molecular weight is 501 g/mol. The third-order valence-corrected chi connectivity index (χ3v) is 15.9. The third-order valence-electron chi connectivity index (χ3n) is 7.67. The molecule has 0 nitrogen and oxygen atoms in total. The zero-order valence-corrected chi connectivity index (χ0v) is 26.2. The standard InChI is InChI=1S/C31H66P2/c1-7-11-15-19-23-27-32(28-24-20-16-12-8-2)31(5,6)33(29-25-21-17-13-9-3)30-26-22-18-14-10-4/h7-30H2,1-6H3. The van der Waals surface area contributed by atoms with Gasteiger partial charge in [-0.25, -0.2) is 0 Å². The van der Waals surface area contributed by atoms with E-state index in [4.69, 9.17) is 0 Å². The van der Waals surface area contributed by atoms with Crippen molar-refractivity contribution < 1.29 is 0 Å². The molecule has 0 aromatic carbocycles. The molecular formula is C31H66P2. The molecule has 2 heteroatoms. The van der Waals surface area contributed by atoms with E-state index in [1.54, 1.807) is 24.6 Å². The van der Waals surface area contributed by atoms with Gasteiger partial charge in [0.05, 0.1) is 0 Å². The molecule has 0 aromatic rings. The first-order valence-corrected chi connectivity index (χ1v) is 19.0. The van der Waals surface area contributed by atoms with Gasteiger partial charge in [-0.15, -0.1) is 0 Å². The van der Waals surface area contributed by atoms with Crippen LogP contribution in [-0.4, -0.2) is 29.5 Å². The van der Waals surface area contributed by atoms with Crippen molar-refractivity contribution in [3.63, 3.8) is 0 Å². The van der Waals surface area contributed by atoms with Gasteiger partial charge in [-0.1, -0.05) is 160 Å². The van der Waals surface area contributed by atoms with Gasteiger partial charge in [-0.2, -0.15) is 0 Å². The molecule has 0 saturated heterocycles. The molecule has 0 N–H and O–H groups in total. The Labute approximate surface area is 215 Å². The quantitative estimate of drug-likeness (QED) is 0.0818. The van der Waals surface area contributed by atoms with Crippen LogP contribution >= 0.6 is 15.8 Å². The van der Waals surface area contributed by atoms with Crippen LogP contribution in [0.4, 0.5) is 0 Å². The van der Waals surface area contributed by atoms with E-state index in [0.717, 1.165) is 0 Å². The lowest BCUT2D eigenvalue weighted by atomic mass is 10.2. The van der Waals surface area contributed by atoms with Crippen LogP contribution in [0.1, 0.15) is 170 Å². The van der Waals surface area contributed by atoms with Crippen molar-refractivity contribution >= 4 is 15.8 Å². The molecule has 0 amide bonds. The van der Waals surface area contributed by atoms with Gasteiger partial charge in [-0.3, -0.25) is 0 Å². The summed E-state index contributed by atoms with van der Waals surface area (Å²) >= 11 is 0. The monoisotopic (exact) mass is 500 g/mol. The zero-order valence-electron chi connectivity index (χ0n) is 24.4. The van der Waals surface area contributed by atoms with Crippen LogP contribution in [0, 0.1) is 0 Å². The van der Waals surface area contributed by atoms with E-state index in [9.17, 15) is 0 Å². The van der Waals surface area contributed by atoms with Gasteiger partial charge < -0.3 is 0 Å². The summed E-state index contributed by atoms with van der Waals surface area (Å²) in [6.45, 7) is 14.9. The van der Waals surface area contributed by atoms with Gasteiger partial charge >= 0.3 is 0 Å². The van der Waals surface area contributed by atoms with Crippen molar-refractivity contribution in [2.24, 2.45) is 0 Å². The van der Waals surface area contributed by atoms with Gasteiger partial charge in [0.15, 0.2) is 0 Å². The van der Waals surface area contributed by atoms with E-state index in [1.807, 2.05) is 0 Å². The van der Waals surface area contributed by atoms with E-state index in [0.29, 0.717) is 4.90 Å². The molecule has 0 unspecified atom stereocenters. The summed E-state index contributed by atoms with van der Waals surface area (Å²) in [5.74, 6) is 0. The molecule has 0 aliphatic carbocycles. The predicted octanol–water partition coefficient (Wildman–Crippen LogP) is 12.6. The third kappa shape index (κ3) is 18.7. The summed E-state index contributed by atoms with van der Waals surface area (Å²) in [4.78, 5) is 0.649. The highest BCUT2D eigenvalue weighted by atomic mass is 31.2. The molecule has 0 aromatic heterocycles. The summed E-state index contributed by atoms with van der Waals surface area (Å²) < 4.78 is 0. The molecule has 0 radical (unpaired) electrons. The van der Waals surface area contributed by atoms with Crippen LogP contribution in [0.5, 0.6) is 0 Å². The minimum Gasteiger partial charge on any atom is -0.0965 e. The van der Waals surface area contributed by atoms with Crippen LogP contribution < -0.4 is 0 Å². The van der Waals surface area contributed by atoms with Crippen LogP contribution in [0.25, 0.3) is 0 Å². The maximum absolute atomic E-state index is 2.75. The van der Waals surface area contributed by atoms with Gasteiger partial charge in [0.25, 0.3) is 0 Å². The maximum atomic E-state index is 2.75. The van der Waals surface area contributed by atoms with E-state index in [1.165, 1.54) is 128 Å². The maximum Gasteiger partial charge on any atom is 0.00497 e. The first-order valence-electron chi connectivity index (χ1n) is 15.5. The molecule has 0 atom stereocenters. The second-order valence-electron chi connectivity index (χ2n) is 11.1. The van der Waals surface area contributed by atoms with Crippen molar-refractivity contribution in [1.29, 1.82) is 0 Å². The van der Waals surface area contributed by atoms with Crippen molar-refractivity contribution in [3.8, 4) is 0 Å². The lowest BCUT2D eigenvalue weighted by Gasteiger charge is -2.43. The molecule has 200 valence electrons. The highest BCUT2D eigenvalue weighted by Crippen LogP contribution is 2.67. The van der Waals surface area contributed by atoms with Crippen LogP contribution in [-0.2, 0) is 0 Å². The second-order valence-corrected chi connectivity index (χ2v) is 17.7. The van der Waals surface area contributed by atoms with Crippen molar-refractivity contribution in [3.05, 3.63) is 0 Å². The summed E-state index contributed by atoms with van der Waals surface area (Å²) in [7, 11) is 0.377. The minimum atomic E-state index is 0.189. The highest BCUT2D eigenvalue weighted by molar-refractivity contribution is 7.77. The van der Waals surface area contributed by atoms with Gasteiger partial charge in [0.2, 0.25) is 0 Å². The van der Waals surface area contributed by atoms with Gasteiger partial charge in [0.1, 0.15) is 0 Å². The Kier molecular flexibility index (Phi) is 25.2. The highest BCUT2D eigenvalue weighted by Gasteiger charge is 2.35. The summed E-state index contributed by atoms with van der Waals surface area (Å²) in [5, 5.41) is 0. The molecule has 0 aliphatic heterocycles.